The van der Waals surface area contributed by atoms with Crippen molar-refractivity contribution < 1.29 is 9.59 Å². The number of carbonyl (C=O) groups is 2. The Bertz CT molecular complexity index is 799. The van der Waals surface area contributed by atoms with Gasteiger partial charge in [-0.05, 0) is 56.7 Å². The van der Waals surface area contributed by atoms with E-state index in [2.05, 4.69) is 29.4 Å². The third-order valence-corrected chi connectivity index (χ3v) is 5.57. The smallest absolute Gasteiger partial charge is 0.248 e. The Labute approximate surface area is 152 Å². The third-order valence-electron chi connectivity index (χ3n) is 4.65. The summed E-state index contributed by atoms with van der Waals surface area (Å²) in [6.07, 6.45) is 3.98. The molecular formula is C19H25N3O2S. The first-order chi connectivity index (χ1) is 12.0. The Morgan fingerprint density at radius 2 is 2.12 bits per heavy atom. The van der Waals surface area contributed by atoms with Gasteiger partial charge in [0.25, 0.3) is 0 Å². The molecule has 1 unspecified atom stereocenters. The van der Waals surface area contributed by atoms with Gasteiger partial charge in [-0.1, -0.05) is 24.3 Å². The molecule has 1 aromatic heterocycles. The molecule has 25 heavy (non-hydrogen) atoms. The molecule has 0 bridgehead atoms. The van der Waals surface area contributed by atoms with Crippen LogP contribution in [0.5, 0.6) is 0 Å². The lowest BCUT2D eigenvalue weighted by Crippen LogP contribution is -2.49. The monoisotopic (exact) mass is 359 g/mol. The van der Waals surface area contributed by atoms with Gasteiger partial charge in [-0.15, -0.1) is 0 Å². The second-order valence-corrected chi connectivity index (χ2v) is 7.82. The van der Waals surface area contributed by atoms with E-state index in [0.717, 1.165) is 41.5 Å². The summed E-state index contributed by atoms with van der Waals surface area (Å²) < 4.78 is 1.08. The lowest BCUT2D eigenvalue weighted by atomic mass is 10.0. The van der Waals surface area contributed by atoms with Crippen molar-refractivity contribution in [2.75, 3.05) is 11.9 Å². The van der Waals surface area contributed by atoms with Crippen LogP contribution in [0.2, 0.25) is 0 Å². The number of fused-ring (bicyclic) bond motifs is 1. The normalized spacial score (nSPS) is 17.7. The summed E-state index contributed by atoms with van der Waals surface area (Å²) in [7, 11) is 0. The molecule has 2 aromatic rings. The second kappa shape index (κ2) is 7.52. The van der Waals surface area contributed by atoms with E-state index in [-0.39, 0.29) is 17.9 Å². The van der Waals surface area contributed by atoms with Crippen LogP contribution in [0.4, 0.5) is 5.13 Å². The van der Waals surface area contributed by atoms with Crippen molar-refractivity contribution in [2.24, 2.45) is 0 Å². The van der Waals surface area contributed by atoms with Crippen LogP contribution >= 0.6 is 11.3 Å². The van der Waals surface area contributed by atoms with Gasteiger partial charge in [0.2, 0.25) is 11.8 Å². The van der Waals surface area contributed by atoms with E-state index in [4.69, 9.17) is 0 Å². The average molecular weight is 359 g/mol. The number of carbonyl (C=O) groups excluding carboxylic acids is 2. The van der Waals surface area contributed by atoms with Crippen LogP contribution in [-0.2, 0) is 9.59 Å². The van der Waals surface area contributed by atoms with Crippen LogP contribution in [0.1, 0.15) is 50.2 Å². The summed E-state index contributed by atoms with van der Waals surface area (Å²) in [5, 5.41) is 3.56. The number of thiazole rings is 1. The number of hydrogen-bond donors (Lipinski definition) is 1. The van der Waals surface area contributed by atoms with E-state index in [1.165, 1.54) is 16.9 Å². The molecule has 2 amide bonds. The largest absolute Gasteiger partial charge is 0.331 e. The Morgan fingerprint density at radius 1 is 1.32 bits per heavy atom. The fourth-order valence-corrected chi connectivity index (χ4v) is 4.52. The molecule has 6 heteroatoms. The number of anilines is 1. The molecular weight excluding hydrogens is 334 g/mol. The maximum Gasteiger partial charge on any atom is 0.248 e. The molecule has 3 rings (SSSR count). The van der Waals surface area contributed by atoms with Gasteiger partial charge in [-0.3, -0.25) is 9.59 Å². The maximum atomic E-state index is 12.8. The van der Waals surface area contributed by atoms with Crippen molar-refractivity contribution in [2.45, 2.75) is 58.9 Å². The molecule has 5 nitrogen and oxygen atoms in total. The summed E-state index contributed by atoms with van der Waals surface area (Å²) in [5.41, 5.74) is 3.24. The highest BCUT2D eigenvalue weighted by molar-refractivity contribution is 7.22. The molecule has 1 aromatic carbocycles. The van der Waals surface area contributed by atoms with E-state index >= 15 is 0 Å². The molecule has 0 radical (unpaired) electrons. The SMILES string of the molecule is CCCC(=O)N1CCCCC1C(=O)Nc1nc2c(C)cc(C)cc2s1. The second-order valence-electron chi connectivity index (χ2n) is 6.79. The molecule has 1 N–H and O–H groups in total. The predicted molar refractivity (Wildman–Crippen MR) is 102 cm³/mol. The minimum absolute atomic E-state index is 0.0816. The van der Waals surface area contributed by atoms with Crippen molar-refractivity contribution in [3.05, 3.63) is 23.3 Å². The topological polar surface area (TPSA) is 62.3 Å². The highest BCUT2D eigenvalue weighted by atomic mass is 32.1. The predicted octanol–water partition coefficient (Wildman–Crippen LogP) is 4.03. The Hall–Kier alpha value is -1.95. The maximum absolute atomic E-state index is 12.8. The van der Waals surface area contributed by atoms with E-state index in [0.29, 0.717) is 18.1 Å². The molecule has 2 heterocycles. The van der Waals surface area contributed by atoms with Crippen LogP contribution in [0.15, 0.2) is 12.1 Å². The number of amides is 2. The van der Waals surface area contributed by atoms with Crippen LogP contribution in [0, 0.1) is 13.8 Å². The zero-order chi connectivity index (χ0) is 18.0. The number of hydrogen-bond acceptors (Lipinski definition) is 4. The van der Waals surface area contributed by atoms with Crippen molar-refractivity contribution in [3.63, 3.8) is 0 Å². The summed E-state index contributed by atoms with van der Waals surface area (Å²) in [5.74, 6) is -0.0318. The molecule has 1 saturated heterocycles. The first-order valence-electron chi connectivity index (χ1n) is 8.97. The number of benzene rings is 1. The summed E-state index contributed by atoms with van der Waals surface area (Å²) in [4.78, 5) is 31.4. The van der Waals surface area contributed by atoms with Gasteiger partial charge in [0.05, 0.1) is 10.2 Å². The lowest BCUT2D eigenvalue weighted by molar-refractivity contribution is -0.140. The van der Waals surface area contributed by atoms with Crippen molar-refractivity contribution in [3.8, 4) is 0 Å². The third kappa shape index (κ3) is 3.84. The van der Waals surface area contributed by atoms with Crippen molar-refractivity contribution in [1.29, 1.82) is 0 Å². The minimum Gasteiger partial charge on any atom is -0.331 e. The molecule has 1 aliphatic heterocycles. The molecule has 1 atom stereocenters. The first-order valence-corrected chi connectivity index (χ1v) is 9.79. The van der Waals surface area contributed by atoms with Crippen molar-refractivity contribution >= 4 is 38.5 Å². The van der Waals surface area contributed by atoms with E-state index in [1.54, 1.807) is 4.90 Å². The molecule has 0 spiro atoms. The minimum atomic E-state index is -0.373. The van der Waals surface area contributed by atoms with Gasteiger partial charge < -0.3 is 10.2 Å². The van der Waals surface area contributed by atoms with E-state index < -0.39 is 0 Å². The molecule has 1 aliphatic rings. The number of piperidine rings is 1. The quantitative estimate of drug-likeness (QED) is 0.896. The fourth-order valence-electron chi connectivity index (χ4n) is 3.47. The average Bonchev–Trinajstić information content (AvgIpc) is 2.97. The molecule has 1 fully saturated rings. The van der Waals surface area contributed by atoms with Gasteiger partial charge in [0.1, 0.15) is 6.04 Å². The number of aromatic nitrogens is 1. The van der Waals surface area contributed by atoms with E-state index in [1.807, 2.05) is 13.8 Å². The summed E-state index contributed by atoms with van der Waals surface area (Å²) in [6, 6.07) is 3.82. The zero-order valence-electron chi connectivity index (χ0n) is 15.1. The molecule has 134 valence electrons. The number of nitrogens with zero attached hydrogens (tertiary/aromatic N) is 2. The van der Waals surface area contributed by atoms with Gasteiger partial charge in [-0.2, -0.15) is 0 Å². The lowest BCUT2D eigenvalue weighted by Gasteiger charge is -2.34. The first kappa shape index (κ1) is 17.9. The van der Waals surface area contributed by atoms with Gasteiger partial charge in [-0.25, -0.2) is 4.98 Å². The Kier molecular flexibility index (Phi) is 5.37. The van der Waals surface area contributed by atoms with Crippen LogP contribution in [-0.4, -0.2) is 34.3 Å². The fraction of sp³-hybridized carbons (Fsp3) is 0.526. The number of rotatable bonds is 4. The van der Waals surface area contributed by atoms with Crippen LogP contribution in [0.3, 0.4) is 0 Å². The van der Waals surface area contributed by atoms with Crippen LogP contribution < -0.4 is 5.32 Å². The molecule has 0 aliphatic carbocycles. The molecule has 0 saturated carbocycles. The van der Waals surface area contributed by atoms with Gasteiger partial charge >= 0.3 is 0 Å². The van der Waals surface area contributed by atoms with Crippen LogP contribution in [0.25, 0.3) is 10.2 Å². The zero-order valence-corrected chi connectivity index (χ0v) is 15.9. The highest BCUT2D eigenvalue weighted by Crippen LogP contribution is 2.30. The van der Waals surface area contributed by atoms with E-state index in [9.17, 15) is 9.59 Å². The summed E-state index contributed by atoms with van der Waals surface area (Å²) in [6.45, 7) is 6.76. The van der Waals surface area contributed by atoms with Gasteiger partial charge in [0.15, 0.2) is 5.13 Å². The van der Waals surface area contributed by atoms with Crippen molar-refractivity contribution in [1.82, 2.24) is 9.88 Å². The Balaban J connectivity index is 1.78. The van der Waals surface area contributed by atoms with Gasteiger partial charge in [0, 0.05) is 13.0 Å². The highest BCUT2D eigenvalue weighted by Gasteiger charge is 2.32. The number of aryl methyl sites for hydroxylation is 2. The Morgan fingerprint density at radius 3 is 2.88 bits per heavy atom. The standard InChI is InChI=1S/C19H25N3O2S/c1-4-7-16(23)22-9-6-5-8-14(22)18(24)21-19-20-17-13(3)10-12(2)11-15(17)25-19/h10-11,14H,4-9H2,1-3H3,(H,20,21,24). The summed E-state index contributed by atoms with van der Waals surface area (Å²) >= 11 is 1.49. The number of likely N-dealkylation sites (tertiary alicyclic amines) is 1. The number of nitrogens with one attached hydrogen (secondary N) is 1.